The van der Waals surface area contributed by atoms with Crippen LogP contribution in [0.2, 0.25) is 0 Å². The summed E-state index contributed by atoms with van der Waals surface area (Å²) in [6, 6.07) is 6.10. The molecule has 1 aliphatic rings. The largest absolute Gasteiger partial charge is 0.490 e. The minimum absolute atomic E-state index is 0.154. The monoisotopic (exact) mass is 279 g/mol. The first-order chi connectivity index (χ1) is 9.66. The van der Waals surface area contributed by atoms with Gasteiger partial charge in [0.25, 0.3) is 0 Å². The highest BCUT2D eigenvalue weighted by molar-refractivity contribution is 5.66. The Hall–Kier alpha value is -1.75. The van der Waals surface area contributed by atoms with Gasteiger partial charge in [-0.05, 0) is 37.6 Å². The Morgan fingerprint density at radius 2 is 2.10 bits per heavy atom. The summed E-state index contributed by atoms with van der Waals surface area (Å²) in [5.74, 6) is 0.832. The van der Waals surface area contributed by atoms with Crippen LogP contribution in [0.4, 0.5) is 0 Å². The van der Waals surface area contributed by atoms with E-state index in [1.165, 1.54) is 0 Å². The topological polar surface area (TPSA) is 67.8 Å². The summed E-state index contributed by atoms with van der Waals surface area (Å²) in [6.07, 6.45) is 1.72. The zero-order valence-electron chi connectivity index (χ0n) is 11.7. The summed E-state index contributed by atoms with van der Waals surface area (Å²) in [5, 5.41) is 11.9. The van der Waals surface area contributed by atoms with E-state index in [4.69, 9.17) is 14.6 Å². The number of carbonyl (C=O) groups is 1. The summed E-state index contributed by atoms with van der Waals surface area (Å²) < 4.78 is 11.3. The van der Waals surface area contributed by atoms with Gasteiger partial charge in [-0.3, -0.25) is 4.79 Å². The van der Waals surface area contributed by atoms with E-state index in [1.807, 2.05) is 18.2 Å². The van der Waals surface area contributed by atoms with Crippen LogP contribution in [0.25, 0.3) is 0 Å². The van der Waals surface area contributed by atoms with Crippen molar-refractivity contribution < 1.29 is 19.4 Å². The first-order valence-corrected chi connectivity index (χ1v) is 7.01. The van der Waals surface area contributed by atoms with Crippen molar-refractivity contribution in [1.29, 1.82) is 0 Å². The van der Waals surface area contributed by atoms with E-state index >= 15 is 0 Å². The second-order valence-electron chi connectivity index (χ2n) is 4.93. The Balaban J connectivity index is 1.91. The molecule has 2 N–H and O–H groups in total. The molecule has 0 saturated carbocycles. The number of carboxylic acid groups (broad SMARTS) is 1. The van der Waals surface area contributed by atoms with Crippen LogP contribution in [0.1, 0.15) is 37.8 Å². The van der Waals surface area contributed by atoms with Crippen LogP contribution >= 0.6 is 0 Å². The first-order valence-electron chi connectivity index (χ1n) is 7.01. The third kappa shape index (κ3) is 4.13. The maximum Gasteiger partial charge on any atom is 0.303 e. The predicted octanol–water partition coefficient (Wildman–Crippen LogP) is 2.36. The summed E-state index contributed by atoms with van der Waals surface area (Å²) in [6.45, 7) is 4.11. The lowest BCUT2D eigenvalue weighted by Gasteiger charge is -2.16. The molecule has 1 aliphatic heterocycles. The fourth-order valence-electron chi connectivity index (χ4n) is 2.13. The van der Waals surface area contributed by atoms with Crippen LogP contribution in [0.15, 0.2) is 18.2 Å². The fraction of sp³-hybridized carbons (Fsp3) is 0.533. The molecular weight excluding hydrogens is 258 g/mol. The van der Waals surface area contributed by atoms with Crippen molar-refractivity contribution in [2.75, 3.05) is 19.8 Å². The molecule has 1 aromatic carbocycles. The molecule has 20 heavy (non-hydrogen) atoms. The second-order valence-corrected chi connectivity index (χ2v) is 4.93. The van der Waals surface area contributed by atoms with E-state index < -0.39 is 5.97 Å². The van der Waals surface area contributed by atoms with Gasteiger partial charge in [0.05, 0.1) is 13.2 Å². The van der Waals surface area contributed by atoms with E-state index in [0.29, 0.717) is 26.2 Å². The molecule has 0 amide bonds. The minimum Gasteiger partial charge on any atom is -0.490 e. The number of ether oxygens (including phenoxy) is 2. The molecule has 0 spiro atoms. The highest BCUT2D eigenvalue weighted by Gasteiger charge is 2.13. The van der Waals surface area contributed by atoms with Crippen LogP contribution in [-0.4, -0.2) is 30.8 Å². The highest BCUT2D eigenvalue weighted by atomic mass is 16.5. The predicted molar refractivity (Wildman–Crippen MR) is 75.3 cm³/mol. The molecule has 2 rings (SSSR count). The number of hydrogen-bond acceptors (Lipinski definition) is 4. The Labute approximate surface area is 118 Å². The van der Waals surface area contributed by atoms with Crippen molar-refractivity contribution in [3.63, 3.8) is 0 Å². The van der Waals surface area contributed by atoms with Crippen LogP contribution < -0.4 is 14.8 Å². The van der Waals surface area contributed by atoms with Crippen molar-refractivity contribution in [3.8, 4) is 11.5 Å². The number of hydrogen-bond donors (Lipinski definition) is 2. The van der Waals surface area contributed by atoms with E-state index in [0.717, 1.165) is 23.5 Å². The Kier molecular flexibility index (Phi) is 5.24. The number of rotatable bonds is 6. The standard InChI is InChI=1S/C15H21NO4/c1-11(16-7-2-4-15(17)18)12-5-6-13-14(10-12)20-9-3-8-19-13/h5-6,10-11,16H,2-4,7-9H2,1H3,(H,17,18). The van der Waals surface area contributed by atoms with Gasteiger partial charge in [0.1, 0.15) is 0 Å². The quantitative estimate of drug-likeness (QED) is 0.782. The summed E-state index contributed by atoms with van der Waals surface area (Å²) in [7, 11) is 0. The average Bonchev–Trinajstić information content (AvgIpc) is 2.67. The number of benzene rings is 1. The molecule has 1 unspecified atom stereocenters. The molecule has 0 aliphatic carbocycles. The third-order valence-corrected chi connectivity index (χ3v) is 3.29. The maximum absolute atomic E-state index is 10.4. The van der Waals surface area contributed by atoms with Crippen molar-refractivity contribution in [3.05, 3.63) is 23.8 Å². The summed E-state index contributed by atoms with van der Waals surface area (Å²) in [4.78, 5) is 10.4. The van der Waals surface area contributed by atoms with Crippen molar-refractivity contribution in [1.82, 2.24) is 5.32 Å². The van der Waals surface area contributed by atoms with Gasteiger partial charge < -0.3 is 19.9 Å². The molecule has 0 bridgehead atoms. The van der Waals surface area contributed by atoms with Crippen molar-refractivity contribution in [2.24, 2.45) is 0 Å². The Morgan fingerprint density at radius 1 is 1.35 bits per heavy atom. The van der Waals surface area contributed by atoms with Gasteiger partial charge in [-0.25, -0.2) is 0 Å². The smallest absolute Gasteiger partial charge is 0.303 e. The molecule has 1 heterocycles. The Morgan fingerprint density at radius 3 is 2.85 bits per heavy atom. The van der Waals surface area contributed by atoms with E-state index in [1.54, 1.807) is 0 Å². The molecule has 1 atom stereocenters. The van der Waals surface area contributed by atoms with E-state index in [2.05, 4.69) is 12.2 Å². The number of aliphatic carboxylic acids is 1. The molecule has 5 heteroatoms. The average molecular weight is 279 g/mol. The van der Waals surface area contributed by atoms with Crippen molar-refractivity contribution in [2.45, 2.75) is 32.2 Å². The van der Waals surface area contributed by atoms with Gasteiger partial charge >= 0.3 is 5.97 Å². The molecule has 0 fully saturated rings. The van der Waals surface area contributed by atoms with Crippen LogP contribution in [-0.2, 0) is 4.79 Å². The zero-order chi connectivity index (χ0) is 14.4. The number of carboxylic acids is 1. The fourth-order valence-corrected chi connectivity index (χ4v) is 2.13. The maximum atomic E-state index is 10.4. The van der Waals surface area contributed by atoms with Gasteiger partial charge in [0.2, 0.25) is 0 Å². The van der Waals surface area contributed by atoms with Gasteiger partial charge in [0, 0.05) is 18.9 Å². The van der Waals surface area contributed by atoms with Crippen LogP contribution in [0.5, 0.6) is 11.5 Å². The second kappa shape index (κ2) is 7.14. The van der Waals surface area contributed by atoms with Gasteiger partial charge in [-0.1, -0.05) is 6.07 Å². The zero-order valence-corrected chi connectivity index (χ0v) is 11.7. The molecule has 0 saturated heterocycles. The van der Waals surface area contributed by atoms with E-state index in [9.17, 15) is 4.79 Å². The first kappa shape index (κ1) is 14.7. The number of fused-ring (bicyclic) bond motifs is 1. The van der Waals surface area contributed by atoms with Crippen LogP contribution in [0, 0.1) is 0 Å². The lowest BCUT2D eigenvalue weighted by Crippen LogP contribution is -2.20. The highest BCUT2D eigenvalue weighted by Crippen LogP contribution is 2.32. The molecule has 110 valence electrons. The SMILES string of the molecule is CC(NCCCC(=O)O)c1ccc2c(c1)OCCCO2. The Bertz CT molecular complexity index is 461. The molecule has 0 aromatic heterocycles. The van der Waals surface area contributed by atoms with Gasteiger partial charge in [-0.2, -0.15) is 0 Å². The molecular formula is C15H21NO4. The molecule has 0 radical (unpaired) electrons. The van der Waals surface area contributed by atoms with Gasteiger partial charge in [0.15, 0.2) is 11.5 Å². The minimum atomic E-state index is -0.755. The third-order valence-electron chi connectivity index (χ3n) is 3.29. The summed E-state index contributed by atoms with van der Waals surface area (Å²) >= 11 is 0. The lowest BCUT2D eigenvalue weighted by atomic mass is 10.1. The lowest BCUT2D eigenvalue weighted by molar-refractivity contribution is -0.137. The van der Waals surface area contributed by atoms with E-state index in [-0.39, 0.29) is 12.5 Å². The van der Waals surface area contributed by atoms with Crippen molar-refractivity contribution >= 4 is 5.97 Å². The molecule has 5 nitrogen and oxygen atoms in total. The van der Waals surface area contributed by atoms with Crippen LogP contribution in [0.3, 0.4) is 0 Å². The molecule has 1 aromatic rings. The number of nitrogens with one attached hydrogen (secondary N) is 1. The van der Waals surface area contributed by atoms with Gasteiger partial charge in [-0.15, -0.1) is 0 Å². The normalized spacial score (nSPS) is 15.4. The summed E-state index contributed by atoms with van der Waals surface area (Å²) in [5.41, 5.74) is 1.12.